The topological polar surface area (TPSA) is 67.3 Å². The van der Waals surface area contributed by atoms with Gasteiger partial charge in [-0.25, -0.2) is 9.97 Å². The number of methoxy groups -OCH3 is 1. The van der Waals surface area contributed by atoms with E-state index >= 15 is 0 Å². The number of benzene rings is 2. The molecule has 35 heavy (non-hydrogen) atoms. The number of allylic oxidation sites excluding steroid dienone is 2. The SMILES string of the molecule is COc1ccc(CN2CCC(/C=C/C(=O)c3ccc(Nc4ncnc5c4CCC5)cc3)CC2)cc1. The van der Waals surface area contributed by atoms with Gasteiger partial charge in [0.05, 0.1) is 7.11 Å². The van der Waals surface area contributed by atoms with Crippen molar-refractivity contribution in [1.29, 1.82) is 0 Å². The lowest BCUT2D eigenvalue weighted by atomic mass is 9.95. The molecule has 1 aromatic heterocycles. The van der Waals surface area contributed by atoms with Crippen molar-refractivity contribution in [3.8, 4) is 5.75 Å². The smallest absolute Gasteiger partial charge is 0.185 e. The first-order valence-electron chi connectivity index (χ1n) is 12.5. The van der Waals surface area contributed by atoms with E-state index in [2.05, 4.69) is 38.4 Å². The maximum atomic E-state index is 12.7. The molecule has 1 aliphatic heterocycles. The van der Waals surface area contributed by atoms with Crippen LogP contribution >= 0.6 is 0 Å². The maximum Gasteiger partial charge on any atom is 0.185 e. The zero-order chi connectivity index (χ0) is 24.0. The number of piperidine rings is 1. The van der Waals surface area contributed by atoms with Crippen molar-refractivity contribution >= 4 is 17.3 Å². The van der Waals surface area contributed by atoms with E-state index in [-0.39, 0.29) is 5.78 Å². The molecule has 2 aromatic carbocycles. The maximum absolute atomic E-state index is 12.7. The van der Waals surface area contributed by atoms with Gasteiger partial charge in [0, 0.05) is 29.1 Å². The number of nitrogens with zero attached hydrogens (tertiary/aromatic N) is 3. The number of carbonyl (C=O) groups excluding carboxylic acids is 1. The van der Waals surface area contributed by atoms with Crippen LogP contribution < -0.4 is 10.1 Å². The number of anilines is 2. The lowest BCUT2D eigenvalue weighted by molar-refractivity contribution is 0.104. The minimum absolute atomic E-state index is 0.0557. The Kier molecular flexibility index (Phi) is 7.19. The fourth-order valence-electron chi connectivity index (χ4n) is 4.93. The highest BCUT2D eigenvalue weighted by Crippen LogP contribution is 2.27. The highest BCUT2D eigenvalue weighted by molar-refractivity contribution is 6.04. The zero-order valence-electron chi connectivity index (χ0n) is 20.2. The number of nitrogens with one attached hydrogen (secondary N) is 1. The largest absolute Gasteiger partial charge is 0.497 e. The van der Waals surface area contributed by atoms with Crippen molar-refractivity contribution in [2.75, 3.05) is 25.5 Å². The van der Waals surface area contributed by atoms with E-state index < -0.39 is 0 Å². The molecule has 1 aliphatic carbocycles. The molecule has 180 valence electrons. The molecular formula is C29H32N4O2. The summed E-state index contributed by atoms with van der Waals surface area (Å²) in [6, 6.07) is 15.9. The molecule has 6 heteroatoms. The van der Waals surface area contributed by atoms with Crippen LogP contribution in [0.3, 0.4) is 0 Å². The Bertz CT molecular complexity index is 1180. The van der Waals surface area contributed by atoms with Gasteiger partial charge in [0.25, 0.3) is 0 Å². The third kappa shape index (κ3) is 5.77. The average molecular weight is 469 g/mol. The van der Waals surface area contributed by atoms with E-state index in [1.807, 2.05) is 36.4 Å². The number of fused-ring (bicyclic) bond motifs is 1. The summed E-state index contributed by atoms with van der Waals surface area (Å²) in [4.78, 5) is 24.0. The van der Waals surface area contributed by atoms with Crippen molar-refractivity contribution in [2.24, 2.45) is 5.92 Å². The Balaban J connectivity index is 1.11. The first kappa shape index (κ1) is 23.2. The van der Waals surface area contributed by atoms with Gasteiger partial charge >= 0.3 is 0 Å². The molecule has 1 fully saturated rings. The van der Waals surface area contributed by atoms with E-state index in [0.717, 1.165) is 74.7 Å². The van der Waals surface area contributed by atoms with E-state index in [9.17, 15) is 4.79 Å². The Morgan fingerprint density at radius 1 is 1.06 bits per heavy atom. The summed E-state index contributed by atoms with van der Waals surface area (Å²) in [7, 11) is 1.69. The monoisotopic (exact) mass is 468 g/mol. The standard InChI is InChI=1S/C29H32N4O2/c1-35-25-12-5-22(6-13-25)19-33-17-15-21(16-18-33)7-14-28(34)23-8-10-24(11-9-23)32-29-26-3-2-4-27(26)30-20-31-29/h5-14,20-21H,2-4,15-19H2,1H3,(H,30,31,32)/b14-7+. The van der Waals surface area contributed by atoms with Crippen LogP contribution in [0.1, 0.15) is 46.4 Å². The van der Waals surface area contributed by atoms with Crippen LogP contribution in [0.25, 0.3) is 0 Å². The number of likely N-dealkylation sites (tertiary alicyclic amines) is 1. The van der Waals surface area contributed by atoms with Gasteiger partial charge in [0.2, 0.25) is 0 Å². The number of hydrogen-bond acceptors (Lipinski definition) is 6. The van der Waals surface area contributed by atoms with Crippen LogP contribution in [0.15, 0.2) is 67.0 Å². The van der Waals surface area contributed by atoms with Crippen molar-refractivity contribution < 1.29 is 9.53 Å². The second kappa shape index (κ2) is 10.8. The van der Waals surface area contributed by atoms with Crippen molar-refractivity contribution in [3.05, 3.63) is 89.4 Å². The summed E-state index contributed by atoms with van der Waals surface area (Å²) in [5.41, 5.74) is 5.30. The van der Waals surface area contributed by atoms with Crippen LogP contribution in [0.5, 0.6) is 5.75 Å². The van der Waals surface area contributed by atoms with Gasteiger partial charge < -0.3 is 10.1 Å². The molecule has 5 rings (SSSR count). The molecule has 0 amide bonds. The Labute approximate surface area is 207 Å². The second-order valence-electron chi connectivity index (χ2n) is 9.39. The third-order valence-corrected chi connectivity index (χ3v) is 7.02. The molecule has 0 unspecified atom stereocenters. The zero-order valence-corrected chi connectivity index (χ0v) is 20.2. The van der Waals surface area contributed by atoms with Gasteiger partial charge in [-0.1, -0.05) is 18.2 Å². The average Bonchev–Trinajstić information content (AvgIpc) is 3.39. The number of rotatable bonds is 8. The minimum atomic E-state index is 0.0557. The molecular weight excluding hydrogens is 436 g/mol. The molecule has 2 aliphatic rings. The highest BCUT2D eigenvalue weighted by atomic mass is 16.5. The Morgan fingerprint density at radius 2 is 1.83 bits per heavy atom. The van der Waals surface area contributed by atoms with Crippen LogP contribution in [-0.4, -0.2) is 40.9 Å². The predicted octanol–water partition coefficient (Wildman–Crippen LogP) is 5.37. The molecule has 2 heterocycles. The second-order valence-corrected chi connectivity index (χ2v) is 9.39. The third-order valence-electron chi connectivity index (χ3n) is 7.02. The number of ketones is 1. The van der Waals surface area contributed by atoms with Crippen LogP contribution in [0.2, 0.25) is 0 Å². The molecule has 0 saturated carbocycles. The van der Waals surface area contributed by atoms with E-state index in [1.54, 1.807) is 19.5 Å². The predicted molar refractivity (Wildman–Crippen MR) is 138 cm³/mol. The summed E-state index contributed by atoms with van der Waals surface area (Å²) in [5, 5.41) is 3.39. The molecule has 0 radical (unpaired) electrons. The number of hydrogen-bond donors (Lipinski definition) is 1. The van der Waals surface area contributed by atoms with E-state index in [4.69, 9.17) is 4.74 Å². The molecule has 0 atom stereocenters. The molecule has 0 spiro atoms. The first-order valence-corrected chi connectivity index (χ1v) is 12.5. The molecule has 3 aromatic rings. The van der Waals surface area contributed by atoms with E-state index in [1.165, 1.54) is 11.1 Å². The van der Waals surface area contributed by atoms with Crippen molar-refractivity contribution in [2.45, 2.75) is 38.6 Å². The van der Waals surface area contributed by atoms with Crippen molar-refractivity contribution in [3.63, 3.8) is 0 Å². The lowest BCUT2D eigenvalue weighted by Gasteiger charge is -2.30. The first-order chi connectivity index (χ1) is 17.2. The van der Waals surface area contributed by atoms with Crippen LogP contribution in [-0.2, 0) is 19.4 Å². The van der Waals surface area contributed by atoms with Gasteiger partial charge in [0.1, 0.15) is 17.9 Å². The summed E-state index contributed by atoms with van der Waals surface area (Å²) in [5.74, 6) is 2.28. The van der Waals surface area contributed by atoms with Gasteiger partial charge in [-0.05, 0) is 99.1 Å². The Morgan fingerprint density at radius 3 is 2.57 bits per heavy atom. The van der Waals surface area contributed by atoms with Gasteiger partial charge in [-0.2, -0.15) is 0 Å². The summed E-state index contributed by atoms with van der Waals surface area (Å²) >= 11 is 0. The quantitative estimate of drug-likeness (QED) is 0.354. The Hall–Kier alpha value is -3.51. The molecule has 6 nitrogen and oxygen atoms in total. The fraction of sp³-hybridized carbons (Fsp3) is 0.345. The number of carbonyl (C=O) groups is 1. The molecule has 1 N–H and O–H groups in total. The fourth-order valence-corrected chi connectivity index (χ4v) is 4.93. The number of ether oxygens (including phenoxy) is 1. The summed E-state index contributed by atoms with van der Waals surface area (Å²) in [6.07, 6.45) is 10.8. The normalized spacial score (nSPS) is 16.4. The van der Waals surface area contributed by atoms with Crippen LogP contribution in [0.4, 0.5) is 11.5 Å². The highest BCUT2D eigenvalue weighted by Gasteiger charge is 2.19. The van der Waals surface area contributed by atoms with Crippen LogP contribution in [0, 0.1) is 5.92 Å². The van der Waals surface area contributed by atoms with Gasteiger partial charge in [-0.15, -0.1) is 0 Å². The minimum Gasteiger partial charge on any atom is -0.497 e. The number of aryl methyl sites for hydroxylation is 1. The number of aromatic nitrogens is 2. The molecule has 1 saturated heterocycles. The molecule has 0 bridgehead atoms. The van der Waals surface area contributed by atoms with Crippen molar-refractivity contribution in [1.82, 2.24) is 14.9 Å². The van der Waals surface area contributed by atoms with Gasteiger partial charge in [0.15, 0.2) is 5.78 Å². The summed E-state index contributed by atoms with van der Waals surface area (Å²) in [6.45, 7) is 3.04. The van der Waals surface area contributed by atoms with E-state index in [0.29, 0.717) is 11.5 Å². The summed E-state index contributed by atoms with van der Waals surface area (Å²) < 4.78 is 5.24. The van der Waals surface area contributed by atoms with Gasteiger partial charge in [-0.3, -0.25) is 9.69 Å². The lowest BCUT2D eigenvalue weighted by Crippen LogP contribution is -2.32.